The van der Waals surface area contributed by atoms with Crippen LogP contribution in [0.1, 0.15) is 26.2 Å². The summed E-state index contributed by atoms with van der Waals surface area (Å²) in [6.07, 6.45) is 4.10. The number of carbonyl (C=O) groups is 1. The largest absolute Gasteiger partial charge is 0.374 e. The lowest BCUT2D eigenvalue weighted by atomic mass is 10.3. The molecule has 0 N–H and O–H groups in total. The number of ether oxygens (including phenoxy) is 1. The molecular formula is C8H18O2P+. The van der Waals surface area contributed by atoms with E-state index in [9.17, 15) is 4.79 Å². The van der Waals surface area contributed by atoms with E-state index in [0.29, 0.717) is 12.8 Å². The van der Waals surface area contributed by atoms with Crippen molar-refractivity contribution in [2.24, 2.45) is 0 Å². The van der Waals surface area contributed by atoms with Gasteiger partial charge in [-0.1, -0.05) is 19.8 Å². The van der Waals surface area contributed by atoms with Crippen LogP contribution in [0.3, 0.4) is 0 Å². The molecule has 0 aliphatic rings. The van der Waals surface area contributed by atoms with Gasteiger partial charge in [-0.05, 0) is 15.7 Å². The summed E-state index contributed by atoms with van der Waals surface area (Å²) >= 11 is 0. The Morgan fingerprint density at radius 2 is 2.18 bits per heavy atom. The van der Waals surface area contributed by atoms with Gasteiger partial charge in [-0.15, -0.1) is 0 Å². The minimum atomic E-state index is 0.208. The maximum Gasteiger partial charge on any atom is 0.194 e. The molecule has 0 aromatic carbocycles. The van der Waals surface area contributed by atoms with Crippen molar-refractivity contribution in [2.45, 2.75) is 26.2 Å². The lowest BCUT2D eigenvalue weighted by molar-refractivity contribution is -0.121. The van der Waals surface area contributed by atoms with Gasteiger partial charge in [0.15, 0.2) is 5.78 Å². The van der Waals surface area contributed by atoms with E-state index in [4.69, 9.17) is 4.74 Å². The molecule has 0 bridgehead atoms. The van der Waals surface area contributed by atoms with Crippen LogP contribution in [0.4, 0.5) is 0 Å². The second kappa shape index (κ2) is 8.16. The molecule has 2 nitrogen and oxygen atoms in total. The summed E-state index contributed by atoms with van der Waals surface area (Å²) in [4.78, 5) is 10.7. The van der Waals surface area contributed by atoms with E-state index < -0.39 is 0 Å². The highest BCUT2D eigenvalue weighted by Gasteiger charge is 1.99. The smallest absolute Gasteiger partial charge is 0.194 e. The summed E-state index contributed by atoms with van der Waals surface area (Å²) in [5, 5.41) is 0. The summed E-state index contributed by atoms with van der Waals surface area (Å²) < 4.78 is 5.14. The normalized spacial score (nSPS) is 10.3. The van der Waals surface area contributed by atoms with E-state index in [0.717, 1.165) is 13.0 Å². The predicted octanol–water partition coefficient (Wildman–Crippen LogP) is 1.37. The first kappa shape index (κ1) is 11.1. The molecule has 11 heavy (non-hydrogen) atoms. The Balaban J connectivity index is 2.95. The van der Waals surface area contributed by atoms with Crippen LogP contribution in [0.25, 0.3) is 0 Å². The Morgan fingerprint density at radius 1 is 1.45 bits per heavy atom. The van der Waals surface area contributed by atoms with Crippen molar-refractivity contribution in [1.29, 1.82) is 0 Å². The van der Waals surface area contributed by atoms with E-state index in [1.807, 2.05) is 0 Å². The average molecular weight is 177 g/mol. The maximum absolute atomic E-state index is 10.7. The van der Waals surface area contributed by atoms with E-state index >= 15 is 0 Å². The first-order valence-corrected chi connectivity index (χ1v) is 5.20. The molecule has 0 aromatic rings. The molecule has 0 rings (SSSR count). The van der Waals surface area contributed by atoms with Crippen molar-refractivity contribution in [3.05, 3.63) is 0 Å². The molecule has 0 spiro atoms. The zero-order valence-electron chi connectivity index (χ0n) is 7.27. The van der Waals surface area contributed by atoms with Gasteiger partial charge >= 0.3 is 0 Å². The van der Waals surface area contributed by atoms with E-state index in [1.165, 1.54) is 12.8 Å². The summed E-state index contributed by atoms with van der Waals surface area (Å²) in [6, 6.07) is 0. The van der Waals surface area contributed by atoms with Crippen LogP contribution in [-0.2, 0) is 9.53 Å². The molecule has 0 saturated heterocycles. The Morgan fingerprint density at radius 3 is 2.73 bits per heavy atom. The first-order chi connectivity index (χ1) is 5.31. The Kier molecular flexibility index (Phi) is 8.20. The monoisotopic (exact) mass is 177 g/mol. The van der Waals surface area contributed by atoms with E-state index in [2.05, 4.69) is 6.92 Å². The van der Waals surface area contributed by atoms with Crippen LogP contribution < -0.4 is 0 Å². The quantitative estimate of drug-likeness (QED) is 0.433. The van der Waals surface area contributed by atoms with Crippen molar-refractivity contribution >= 4 is 15.0 Å². The predicted molar refractivity (Wildman–Crippen MR) is 51.3 cm³/mol. The third-order valence-electron chi connectivity index (χ3n) is 1.43. The van der Waals surface area contributed by atoms with Gasteiger partial charge in [-0.2, -0.15) is 0 Å². The van der Waals surface area contributed by atoms with Gasteiger partial charge in [0.05, 0.1) is 0 Å². The molecule has 0 heterocycles. The zero-order chi connectivity index (χ0) is 8.53. The number of hydrogen-bond donors (Lipinski definition) is 0. The van der Waals surface area contributed by atoms with Crippen LogP contribution in [0.5, 0.6) is 0 Å². The van der Waals surface area contributed by atoms with Gasteiger partial charge in [0.1, 0.15) is 12.8 Å². The minimum absolute atomic E-state index is 0.208. The third kappa shape index (κ3) is 7.96. The highest BCUT2D eigenvalue weighted by molar-refractivity contribution is 7.18. The Labute approximate surface area is 70.9 Å². The van der Waals surface area contributed by atoms with Gasteiger partial charge < -0.3 is 4.74 Å². The molecule has 0 aromatic heterocycles. The average Bonchev–Trinajstić information content (AvgIpc) is 2.04. The topological polar surface area (TPSA) is 26.3 Å². The lowest BCUT2D eigenvalue weighted by Crippen LogP contribution is -2.09. The molecular weight excluding hydrogens is 159 g/mol. The van der Waals surface area contributed by atoms with E-state index in [-0.39, 0.29) is 5.78 Å². The molecule has 0 amide bonds. The van der Waals surface area contributed by atoms with Crippen LogP contribution >= 0.6 is 9.24 Å². The molecule has 0 saturated carbocycles. The van der Waals surface area contributed by atoms with Gasteiger partial charge in [0.2, 0.25) is 0 Å². The number of Topliss-reactive ketones (excluding diaryl/α,β-unsaturated/α-hetero) is 1. The van der Waals surface area contributed by atoms with Gasteiger partial charge in [-0.3, -0.25) is 4.79 Å². The number of ketones is 1. The van der Waals surface area contributed by atoms with Gasteiger partial charge in [0, 0.05) is 6.61 Å². The molecule has 0 aliphatic carbocycles. The minimum Gasteiger partial charge on any atom is -0.374 e. The Hall–Kier alpha value is 0.0600. The summed E-state index contributed by atoms with van der Waals surface area (Å²) in [7, 11) is 1.68. The van der Waals surface area contributed by atoms with Crippen molar-refractivity contribution < 1.29 is 9.53 Å². The fraction of sp³-hybridized carbons (Fsp3) is 0.875. The molecule has 1 unspecified atom stereocenters. The third-order valence-corrected chi connectivity index (χ3v) is 1.99. The van der Waals surface area contributed by atoms with Crippen molar-refractivity contribution in [3.63, 3.8) is 0 Å². The second-order valence-electron chi connectivity index (χ2n) is 2.55. The highest BCUT2D eigenvalue weighted by Crippen LogP contribution is 1.94. The summed E-state index contributed by atoms with van der Waals surface area (Å²) in [6.45, 7) is 3.20. The SMILES string of the molecule is CCCCCOCC(=O)C[PH3+]. The van der Waals surface area contributed by atoms with Crippen LogP contribution in [0, 0.1) is 0 Å². The first-order valence-electron chi connectivity index (χ1n) is 4.20. The summed E-state index contributed by atoms with van der Waals surface area (Å²) in [5.41, 5.74) is 0. The molecule has 3 heteroatoms. The molecule has 0 fully saturated rings. The van der Waals surface area contributed by atoms with Gasteiger partial charge in [0.25, 0.3) is 0 Å². The van der Waals surface area contributed by atoms with Crippen molar-refractivity contribution in [3.8, 4) is 0 Å². The molecule has 1 atom stereocenters. The number of unbranched alkanes of at least 4 members (excludes halogenated alkanes) is 2. The standard InChI is InChI=1S/C8H17O2P/c1-2-3-4-5-10-6-8(9)7-11/h2-7,11H2,1H3/p+1. The fourth-order valence-electron chi connectivity index (χ4n) is 0.712. The van der Waals surface area contributed by atoms with Crippen LogP contribution in [-0.4, -0.2) is 25.2 Å². The molecule has 66 valence electrons. The van der Waals surface area contributed by atoms with Crippen molar-refractivity contribution in [1.82, 2.24) is 0 Å². The molecule has 0 radical (unpaired) electrons. The zero-order valence-corrected chi connectivity index (χ0v) is 8.68. The lowest BCUT2D eigenvalue weighted by Gasteiger charge is -1.99. The summed E-state index contributed by atoms with van der Waals surface area (Å²) in [5.74, 6) is 0.208. The number of rotatable bonds is 7. The van der Waals surface area contributed by atoms with Gasteiger partial charge in [-0.25, -0.2) is 0 Å². The fourth-order valence-corrected chi connectivity index (χ4v) is 0.857. The highest BCUT2D eigenvalue weighted by atomic mass is 31.0. The Bertz CT molecular complexity index is 104. The van der Waals surface area contributed by atoms with E-state index in [1.54, 1.807) is 9.24 Å². The van der Waals surface area contributed by atoms with Crippen molar-refractivity contribution in [2.75, 3.05) is 19.4 Å². The number of carbonyl (C=O) groups excluding carboxylic acids is 1. The molecule has 0 aliphatic heterocycles. The number of hydrogen-bond acceptors (Lipinski definition) is 2. The van der Waals surface area contributed by atoms with Crippen LogP contribution in [0.15, 0.2) is 0 Å². The maximum atomic E-state index is 10.7. The second-order valence-corrected chi connectivity index (χ2v) is 3.05. The van der Waals surface area contributed by atoms with Crippen LogP contribution in [0.2, 0.25) is 0 Å².